The van der Waals surface area contributed by atoms with Crippen LogP contribution in [0.15, 0.2) is 67.1 Å². The third-order valence-corrected chi connectivity index (χ3v) is 3.65. The van der Waals surface area contributed by atoms with Crippen molar-refractivity contribution < 1.29 is 14.5 Å². The largest absolute Gasteiger partial charge is 0.437 e. The van der Waals surface area contributed by atoms with Crippen molar-refractivity contribution >= 4 is 23.0 Å². The van der Waals surface area contributed by atoms with Gasteiger partial charge in [-0.3, -0.25) is 19.9 Å². The molecule has 9 nitrogen and oxygen atoms in total. The fourth-order valence-corrected chi connectivity index (χ4v) is 2.41. The number of para-hydroxylation sites is 2. The fourth-order valence-electron chi connectivity index (χ4n) is 2.41. The monoisotopic (exact) mass is 379 g/mol. The number of carbonyl (C=O) groups is 1. The van der Waals surface area contributed by atoms with Crippen molar-refractivity contribution in [2.24, 2.45) is 0 Å². The Bertz CT molecular complexity index is 965. The Balaban J connectivity index is 1.53. The van der Waals surface area contributed by atoms with E-state index in [0.717, 1.165) is 0 Å². The number of nitro benzene ring substituents is 1. The molecule has 0 fully saturated rings. The second-order valence-corrected chi connectivity index (χ2v) is 5.67. The normalized spacial score (nSPS) is 10.1. The first-order valence-electron chi connectivity index (χ1n) is 8.43. The van der Waals surface area contributed by atoms with Gasteiger partial charge in [-0.2, -0.15) is 0 Å². The van der Waals surface area contributed by atoms with E-state index < -0.39 is 4.92 Å². The third-order valence-electron chi connectivity index (χ3n) is 3.65. The van der Waals surface area contributed by atoms with E-state index >= 15 is 0 Å². The number of amides is 1. The molecule has 0 saturated carbocycles. The minimum absolute atomic E-state index is 0.0308. The van der Waals surface area contributed by atoms with Crippen molar-refractivity contribution in [3.8, 4) is 11.6 Å². The van der Waals surface area contributed by atoms with Crippen LogP contribution in [-0.4, -0.2) is 27.3 Å². The number of nitrogens with zero attached hydrogens (tertiary/aromatic N) is 3. The van der Waals surface area contributed by atoms with Gasteiger partial charge in [0.2, 0.25) is 11.8 Å². The molecule has 3 aromatic rings. The standard InChI is InChI=1S/C19H17N5O4/c25-18(8-9-21-16-6-1-2-7-17(16)24(26)27)23-14-4-3-5-15(12-14)28-19-13-20-10-11-22-19/h1-7,10-13,21H,8-9H2,(H,23,25). The van der Waals surface area contributed by atoms with Crippen LogP contribution < -0.4 is 15.4 Å². The minimum atomic E-state index is -0.467. The molecule has 9 heteroatoms. The summed E-state index contributed by atoms with van der Waals surface area (Å²) in [5.41, 5.74) is 0.911. The molecule has 0 aliphatic rings. The molecule has 0 aliphatic heterocycles. The van der Waals surface area contributed by atoms with Crippen molar-refractivity contribution in [2.45, 2.75) is 6.42 Å². The lowest BCUT2D eigenvalue weighted by Crippen LogP contribution is -2.16. The van der Waals surface area contributed by atoms with Crippen LogP contribution in [0.1, 0.15) is 6.42 Å². The molecule has 1 heterocycles. The number of nitro groups is 1. The number of hydrogen-bond acceptors (Lipinski definition) is 7. The van der Waals surface area contributed by atoms with Crippen molar-refractivity contribution in [3.05, 3.63) is 77.2 Å². The fraction of sp³-hybridized carbons (Fsp3) is 0.105. The van der Waals surface area contributed by atoms with Crippen molar-refractivity contribution in [1.82, 2.24) is 9.97 Å². The highest BCUT2D eigenvalue weighted by Crippen LogP contribution is 2.24. The summed E-state index contributed by atoms with van der Waals surface area (Å²) in [7, 11) is 0. The van der Waals surface area contributed by atoms with E-state index in [2.05, 4.69) is 20.6 Å². The molecule has 0 saturated heterocycles. The summed E-state index contributed by atoms with van der Waals surface area (Å²) in [4.78, 5) is 30.6. The van der Waals surface area contributed by atoms with Gasteiger partial charge < -0.3 is 15.4 Å². The molecule has 0 aliphatic carbocycles. The number of carbonyl (C=O) groups excluding carboxylic acids is 1. The second kappa shape index (κ2) is 9.08. The first-order valence-corrected chi connectivity index (χ1v) is 8.43. The highest BCUT2D eigenvalue weighted by molar-refractivity contribution is 5.91. The maximum atomic E-state index is 12.1. The molecule has 0 unspecified atom stereocenters. The molecule has 0 atom stereocenters. The van der Waals surface area contributed by atoms with Gasteiger partial charge in [0.1, 0.15) is 11.4 Å². The molecular weight excluding hydrogens is 362 g/mol. The van der Waals surface area contributed by atoms with Crippen molar-refractivity contribution in [3.63, 3.8) is 0 Å². The van der Waals surface area contributed by atoms with Crippen LogP contribution in [0.4, 0.5) is 17.1 Å². The summed E-state index contributed by atoms with van der Waals surface area (Å²) in [6, 6.07) is 13.2. The molecule has 0 radical (unpaired) electrons. The molecule has 1 amide bonds. The van der Waals surface area contributed by atoms with Crippen LogP contribution in [0.25, 0.3) is 0 Å². The summed E-state index contributed by atoms with van der Waals surface area (Å²) in [6.07, 6.45) is 4.69. The molecule has 2 N–H and O–H groups in total. The number of benzene rings is 2. The van der Waals surface area contributed by atoms with Gasteiger partial charge >= 0.3 is 0 Å². The third kappa shape index (κ3) is 5.24. The van der Waals surface area contributed by atoms with Gasteiger partial charge in [-0.15, -0.1) is 0 Å². The topological polar surface area (TPSA) is 119 Å². The molecule has 1 aromatic heterocycles. The summed E-state index contributed by atoms with van der Waals surface area (Å²) >= 11 is 0. The Labute approximate surface area is 160 Å². The number of rotatable bonds is 8. The minimum Gasteiger partial charge on any atom is -0.437 e. The average Bonchev–Trinajstić information content (AvgIpc) is 2.69. The van der Waals surface area contributed by atoms with Crippen molar-refractivity contribution in [2.75, 3.05) is 17.2 Å². The Morgan fingerprint density at radius 2 is 2.00 bits per heavy atom. The SMILES string of the molecule is O=C(CCNc1ccccc1[N+](=O)[O-])Nc1cccc(Oc2cnccn2)c1. The van der Waals surface area contributed by atoms with Crippen molar-refractivity contribution in [1.29, 1.82) is 0 Å². The van der Waals surface area contributed by atoms with Gasteiger partial charge in [0.25, 0.3) is 5.69 Å². The highest BCUT2D eigenvalue weighted by atomic mass is 16.6. The number of nitrogens with one attached hydrogen (secondary N) is 2. The molecular formula is C19H17N5O4. The molecule has 142 valence electrons. The zero-order valence-electron chi connectivity index (χ0n) is 14.7. The zero-order valence-corrected chi connectivity index (χ0v) is 14.7. The molecule has 28 heavy (non-hydrogen) atoms. The van der Waals surface area contributed by atoms with E-state index in [1.165, 1.54) is 18.5 Å². The molecule has 3 rings (SSSR count). The van der Waals surface area contributed by atoms with Gasteiger partial charge in [-0.25, -0.2) is 4.98 Å². The number of anilines is 2. The van der Waals surface area contributed by atoms with Gasteiger partial charge in [0.15, 0.2) is 0 Å². The summed E-state index contributed by atoms with van der Waals surface area (Å²) in [6.45, 7) is 0.256. The quantitative estimate of drug-likeness (QED) is 0.453. The van der Waals surface area contributed by atoms with E-state index in [9.17, 15) is 14.9 Å². The second-order valence-electron chi connectivity index (χ2n) is 5.67. The lowest BCUT2D eigenvalue weighted by atomic mass is 10.2. The first-order chi connectivity index (χ1) is 13.6. The Morgan fingerprint density at radius 1 is 1.14 bits per heavy atom. The van der Waals surface area contributed by atoms with Gasteiger partial charge in [-0.05, 0) is 18.2 Å². The van der Waals surface area contributed by atoms with Crippen LogP contribution in [0.3, 0.4) is 0 Å². The van der Waals surface area contributed by atoms with Gasteiger partial charge in [0, 0.05) is 43.2 Å². The van der Waals surface area contributed by atoms with Crippen LogP contribution >= 0.6 is 0 Å². The predicted octanol–water partition coefficient (Wildman–Crippen LogP) is 3.62. The summed E-state index contributed by atoms with van der Waals surface area (Å²) < 4.78 is 5.57. The maximum absolute atomic E-state index is 12.1. The number of ether oxygens (including phenoxy) is 1. The highest BCUT2D eigenvalue weighted by Gasteiger charge is 2.12. The van der Waals surface area contributed by atoms with E-state index in [1.807, 2.05) is 0 Å². The maximum Gasteiger partial charge on any atom is 0.292 e. The Kier molecular flexibility index (Phi) is 6.09. The number of aromatic nitrogens is 2. The summed E-state index contributed by atoms with van der Waals surface area (Å²) in [5.74, 6) is 0.624. The van der Waals surface area contributed by atoms with Crippen LogP contribution in [0.2, 0.25) is 0 Å². The van der Waals surface area contributed by atoms with E-state index in [4.69, 9.17) is 4.74 Å². The van der Waals surface area contributed by atoms with E-state index in [0.29, 0.717) is 23.0 Å². The zero-order chi connectivity index (χ0) is 19.8. The molecule has 2 aromatic carbocycles. The lowest BCUT2D eigenvalue weighted by Gasteiger charge is -2.09. The molecule has 0 spiro atoms. The molecule has 0 bridgehead atoms. The first kappa shape index (κ1) is 18.8. The Hall–Kier alpha value is -4.01. The van der Waals surface area contributed by atoms with Crippen LogP contribution in [-0.2, 0) is 4.79 Å². The number of hydrogen-bond donors (Lipinski definition) is 2. The smallest absolute Gasteiger partial charge is 0.292 e. The van der Waals surface area contributed by atoms with E-state index in [1.54, 1.807) is 48.7 Å². The van der Waals surface area contributed by atoms with Crippen LogP contribution in [0.5, 0.6) is 11.6 Å². The van der Waals surface area contributed by atoms with Crippen LogP contribution in [0, 0.1) is 10.1 Å². The lowest BCUT2D eigenvalue weighted by molar-refractivity contribution is -0.384. The van der Waals surface area contributed by atoms with E-state index in [-0.39, 0.29) is 24.6 Å². The predicted molar refractivity (Wildman–Crippen MR) is 103 cm³/mol. The van der Waals surface area contributed by atoms with Gasteiger partial charge in [-0.1, -0.05) is 18.2 Å². The Morgan fingerprint density at radius 3 is 2.79 bits per heavy atom. The summed E-state index contributed by atoms with van der Waals surface area (Å²) in [5, 5.41) is 16.7. The van der Waals surface area contributed by atoms with Gasteiger partial charge in [0.05, 0.1) is 11.1 Å². The average molecular weight is 379 g/mol.